The van der Waals surface area contributed by atoms with Crippen molar-refractivity contribution < 1.29 is 9.94 Å². The van der Waals surface area contributed by atoms with Gasteiger partial charge in [-0.1, -0.05) is 19.0 Å². The predicted molar refractivity (Wildman–Crippen MR) is 59.9 cm³/mol. The molecule has 1 heterocycles. The molecule has 0 aromatic carbocycles. The van der Waals surface area contributed by atoms with Crippen molar-refractivity contribution in [2.24, 2.45) is 10.9 Å². The molecule has 6 heteroatoms. The Labute approximate surface area is 94.1 Å². The van der Waals surface area contributed by atoms with Crippen molar-refractivity contribution in [2.45, 2.75) is 26.7 Å². The van der Waals surface area contributed by atoms with Gasteiger partial charge in [-0.15, -0.1) is 5.10 Å². The van der Waals surface area contributed by atoms with Crippen LogP contribution in [-0.2, 0) is 12.8 Å². The molecule has 0 radical (unpaired) electrons. The largest absolute Gasteiger partial charge is 0.479 e. The van der Waals surface area contributed by atoms with Gasteiger partial charge in [-0.3, -0.25) is 0 Å². The molecule has 0 spiro atoms. The van der Waals surface area contributed by atoms with E-state index in [4.69, 9.17) is 15.7 Å². The lowest BCUT2D eigenvalue weighted by atomic mass is 10.0. The van der Waals surface area contributed by atoms with E-state index in [-0.39, 0.29) is 11.7 Å². The molecule has 0 aliphatic heterocycles. The van der Waals surface area contributed by atoms with Crippen LogP contribution in [0.3, 0.4) is 0 Å². The van der Waals surface area contributed by atoms with E-state index in [1.165, 1.54) is 7.11 Å². The second-order valence-electron chi connectivity index (χ2n) is 3.20. The van der Waals surface area contributed by atoms with Crippen molar-refractivity contribution in [1.82, 2.24) is 10.2 Å². The van der Waals surface area contributed by atoms with Crippen molar-refractivity contribution in [3.05, 3.63) is 16.8 Å². The zero-order valence-corrected chi connectivity index (χ0v) is 9.69. The molecule has 0 amide bonds. The molecule has 0 saturated heterocycles. The zero-order valence-electron chi connectivity index (χ0n) is 9.69. The second kappa shape index (κ2) is 5.29. The smallest absolute Gasteiger partial charge is 0.244 e. The Morgan fingerprint density at radius 2 is 2.06 bits per heavy atom. The third-order valence-electron chi connectivity index (χ3n) is 2.37. The van der Waals surface area contributed by atoms with Gasteiger partial charge in [0.25, 0.3) is 0 Å². The number of aryl methyl sites for hydroxylation is 1. The van der Waals surface area contributed by atoms with Crippen LogP contribution in [-0.4, -0.2) is 28.4 Å². The number of methoxy groups -OCH3 is 1. The highest BCUT2D eigenvalue weighted by molar-refractivity contribution is 6.00. The normalized spacial score (nSPS) is 11.6. The van der Waals surface area contributed by atoms with E-state index in [0.717, 1.165) is 24.1 Å². The highest BCUT2D eigenvalue weighted by Gasteiger charge is 2.18. The first-order valence-electron chi connectivity index (χ1n) is 5.09. The molecule has 0 bridgehead atoms. The topological polar surface area (TPSA) is 93.6 Å². The van der Waals surface area contributed by atoms with E-state index in [0.29, 0.717) is 5.56 Å². The van der Waals surface area contributed by atoms with Crippen LogP contribution < -0.4 is 10.5 Å². The van der Waals surface area contributed by atoms with Gasteiger partial charge in [0.15, 0.2) is 5.84 Å². The van der Waals surface area contributed by atoms with Gasteiger partial charge in [-0.2, -0.15) is 5.10 Å². The van der Waals surface area contributed by atoms with Crippen molar-refractivity contribution >= 4 is 5.84 Å². The molecule has 0 saturated carbocycles. The van der Waals surface area contributed by atoms with E-state index in [1.807, 2.05) is 13.8 Å². The average Bonchev–Trinajstić information content (AvgIpc) is 2.35. The summed E-state index contributed by atoms with van der Waals surface area (Å²) in [7, 11) is 1.48. The maximum atomic E-state index is 8.75. The third kappa shape index (κ3) is 2.05. The van der Waals surface area contributed by atoms with Gasteiger partial charge in [-0.25, -0.2) is 0 Å². The fourth-order valence-corrected chi connectivity index (χ4v) is 1.61. The van der Waals surface area contributed by atoms with Crippen LogP contribution in [0.2, 0.25) is 0 Å². The number of hydrogen-bond donors (Lipinski definition) is 2. The lowest BCUT2D eigenvalue weighted by Gasteiger charge is -2.12. The molecule has 3 N–H and O–H groups in total. The van der Waals surface area contributed by atoms with E-state index in [9.17, 15) is 0 Å². The Balaban J connectivity index is 3.49. The molecule has 0 aliphatic carbocycles. The maximum Gasteiger partial charge on any atom is 0.244 e. The summed E-state index contributed by atoms with van der Waals surface area (Å²) in [5, 5.41) is 19.7. The van der Waals surface area contributed by atoms with E-state index < -0.39 is 0 Å². The Kier molecular flexibility index (Phi) is 4.04. The number of aromatic nitrogens is 2. The highest BCUT2D eigenvalue weighted by Crippen LogP contribution is 2.21. The van der Waals surface area contributed by atoms with Crippen molar-refractivity contribution in [3.8, 4) is 5.88 Å². The van der Waals surface area contributed by atoms with Crippen LogP contribution in [0.25, 0.3) is 0 Å². The first-order valence-corrected chi connectivity index (χ1v) is 5.09. The number of nitrogens with two attached hydrogens (primary N) is 1. The first kappa shape index (κ1) is 12.2. The first-order chi connectivity index (χ1) is 7.69. The minimum atomic E-state index is -0.00157. The molecular weight excluding hydrogens is 208 g/mol. The summed E-state index contributed by atoms with van der Waals surface area (Å²) < 4.78 is 5.06. The molecule has 1 aromatic rings. The second-order valence-corrected chi connectivity index (χ2v) is 3.20. The van der Waals surface area contributed by atoms with E-state index in [2.05, 4.69) is 15.4 Å². The Bertz CT molecular complexity index is 404. The molecule has 0 fully saturated rings. The van der Waals surface area contributed by atoms with Crippen LogP contribution in [0.15, 0.2) is 5.16 Å². The minimum Gasteiger partial charge on any atom is -0.479 e. The van der Waals surface area contributed by atoms with E-state index in [1.54, 1.807) is 0 Å². The summed E-state index contributed by atoms with van der Waals surface area (Å²) in [6.07, 6.45) is 1.46. The monoisotopic (exact) mass is 224 g/mol. The van der Waals surface area contributed by atoms with Crippen LogP contribution in [0, 0.1) is 0 Å². The standard InChI is InChI=1S/C10H16N4O2/c1-4-6-7(5-2)12-13-10(16-3)8(6)9(11)14-15/h15H,4-5H2,1-3H3,(H2,11,14). The summed E-state index contributed by atoms with van der Waals surface area (Å²) in [5.41, 5.74) is 7.89. The molecule has 16 heavy (non-hydrogen) atoms. The Hall–Kier alpha value is -1.85. The molecule has 1 aromatic heterocycles. The summed E-state index contributed by atoms with van der Waals surface area (Å²) >= 11 is 0. The summed E-state index contributed by atoms with van der Waals surface area (Å²) in [6.45, 7) is 3.95. The van der Waals surface area contributed by atoms with Crippen molar-refractivity contribution in [2.75, 3.05) is 7.11 Å². The van der Waals surface area contributed by atoms with Crippen LogP contribution in [0.1, 0.15) is 30.7 Å². The van der Waals surface area contributed by atoms with Gasteiger partial charge in [0.05, 0.1) is 18.4 Å². The van der Waals surface area contributed by atoms with Crippen LogP contribution >= 0.6 is 0 Å². The van der Waals surface area contributed by atoms with Crippen molar-refractivity contribution in [1.29, 1.82) is 0 Å². The fourth-order valence-electron chi connectivity index (χ4n) is 1.61. The molecular formula is C10H16N4O2. The predicted octanol–water partition coefficient (Wildman–Crippen LogP) is 0.704. The molecule has 6 nitrogen and oxygen atoms in total. The number of amidine groups is 1. The Morgan fingerprint density at radius 3 is 2.50 bits per heavy atom. The van der Waals surface area contributed by atoms with Gasteiger partial charge < -0.3 is 15.7 Å². The summed E-state index contributed by atoms with van der Waals surface area (Å²) in [4.78, 5) is 0. The van der Waals surface area contributed by atoms with Gasteiger partial charge in [0.2, 0.25) is 5.88 Å². The number of hydrogen-bond acceptors (Lipinski definition) is 5. The fraction of sp³-hybridized carbons (Fsp3) is 0.500. The minimum absolute atomic E-state index is 0.00157. The number of rotatable bonds is 4. The summed E-state index contributed by atoms with van der Waals surface area (Å²) in [6, 6.07) is 0. The molecule has 88 valence electrons. The lowest BCUT2D eigenvalue weighted by molar-refractivity contribution is 0.318. The molecule has 0 aliphatic rings. The average molecular weight is 224 g/mol. The van der Waals surface area contributed by atoms with Gasteiger partial charge in [0.1, 0.15) is 0 Å². The number of ether oxygens (including phenoxy) is 1. The van der Waals surface area contributed by atoms with Crippen LogP contribution in [0.4, 0.5) is 0 Å². The van der Waals surface area contributed by atoms with Gasteiger partial charge in [0, 0.05) is 0 Å². The zero-order chi connectivity index (χ0) is 12.1. The third-order valence-corrected chi connectivity index (χ3v) is 2.37. The summed E-state index contributed by atoms with van der Waals surface area (Å²) in [5.74, 6) is 0.280. The van der Waals surface area contributed by atoms with E-state index >= 15 is 0 Å². The van der Waals surface area contributed by atoms with Gasteiger partial charge >= 0.3 is 0 Å². The number of oxime groups is 1. The highest BCUT2D eigenvalue weighted by atomic mass is 16.5. The number of nitrogens with zero attached hydrogens (tertiary/aromatic N) is 3. The van der Waals surface area contributed by atoms with Crippen molar-refractivity contribution in [3.63, 3.8) is 0 Å². The Morgan fingerprint density at radius 1 is 1.38 bits per heavy atom. The SMILES string of the molecule is CCc1nnc(OC)c(C(N)=NO)c1CC. The lowest BCUT2D eigenvalue weighted by Crippen LogP contribution is -2.19. The molecule has 0 atom stereocenters. The maximum absolute atomic E-state index is 8.75. The quantitative estimate of drug-likeness (QED) is 0.340. The molecule has 0 unspecified atom stereocenters. The van der Waals surface area contributed by atoms with Gasteiger partial charge in [-0.05, 0) is 18.4 Å². The molecule has 1 rings (SSSR count). The van der Waals surface area contributed by atoms with Crippen LogP contribution in [0.5, 0.6) is 5.88 Å².